The quantitative estimate of drug-likeness (QED) is 0.189. The fourth-order valence-corrected chi connectivity index (χ4v) is 7.69. The maximum Gasteiger partial charge on any atom is 0.0165 e. The Morgan fingerprint density at radius 1 is 0.390 bits per heavy atom. The number of fused-ring (bicyclic) bond motifs is 12. The van der Waals surface area contributed by atoms with E-state index in [0.717, 1.165) is 0 Å². The van der Waals surface area contributed by atoms with Crippen molar-refractivity contribution in [3.05, 3.63) is 145 Å². The highest BCUT2D eigenvalue weighted by molar-refractivity contribution is 6.19. The second kappa shape index (κ2) is 8.05. The van der Waals surface area contributed by atoms with Crippen molar-refractivity contribution in [2.24, 2.45) is 0 Å². The smallest absolute Gasteiger partial charge is 0.0165 e. The normalized spacial score (nSPS) is 13.8. The number of hydrogen-bond donors (Lipinski definition) is 0. The van der Waals surface area contributed by atoms with E-state index < -0.39 is 0 Å². The van der Waals surface area contributed by atoms with Crippen LogP contribution in [0.15, 0.2) is 133 Å². The second-order valence-corrected chi connectivity index (χ2v) is 12.1. The fraction of sp³-hybridized carbons (Fsp3) is 0.0732. The lowest BCUT2D eigenvalue weighted by Crippen LogP contribution is -2.15. The predicted molar refractivity (Wildman–Crippen MR) is 177 cm³/mol. The Hall–Kier alpha value is -4.94. The lowest BCUT2D eigenvalue weighted by Gasteiger charge is -2.24. The molecule has 0 nitrogen and oxygen atoms in total. The lowest BCUT2D eigenvalue weighted by molar-refractivity contribution is 0.667. The maximum absolute atomic E-state index is 2.47. The highest BCUT2D eigenvalue weighted by atomic mass is 14.4. The molecular weight excluding hydrogens is 492 g/mol. The average Bonchev–Trinajstić information content (AvgIpc) is 3.25. The molecule has 0 N–H and O–H groups in total. The zero-order chi connectivity index (χ0) is 27.3. The number of hydrogen-bond acceptors (Lipinski definition) is 0. The molecule has 192 valence electrons. The van der Waals surface area contributed by atoms with E-state index in [-0.39, 0.29) is 5.41 Å². The minimum atomic E-state index is -0.103. The van der Waals surface area contributed by atoms with E-state index in [1.165, 1.54) is 87.2 Å². The van der Waals surface area contributed by atoms with Crippen LogP contribution in [0.1, 0.15) is 25.0 Å². The van der Waals surface area contributed by atoms with Crippen LogP contribution >= 0.6 is 0 Å². The summed E-state index contributed by atoms with van der Waals surface area (Å²) in [6.07, 6.45) is 0. The molecule has 0 bridgehead atoms. The Labute approximate surface area is 239 Å². The Morgan fingerprint density at radius 2 is 0.951 bits per heavy atom. The summed E-state index contributed by atoms with van der Waals surface area (Å²) in [5, 5.41) is 13.2. The van der Waals surface area contributed by atoms with E-state index >= 15 is 0 Å². The van der Waals surface area contributed by atoms with Crippen LogP contribution in [0.2, 0.25) is 0 Å². The lowest BCUT2D eigenvalue weighted by atomic mass is 9.79. The van der Waals surface area contributed by atoms with Crippen molar-refractivity contribution < 1.29 is 0 Å². The molecule has 0 amide bonds. The summed E-state index contributed by atoms with van der Waals surface area (Å²) in [4.78, 5) is 0. The Morgan fingerprint density at radius 3 is 1.71 bits per heavy atom. The predicted octanol–water partition coefficient (Wildman–Crippen LogP) is 11.4. The first-order chi connectivity index (χ1) is 20.1. The van der Waals surface area contributed by atoms with E-state index in [2.05, 4.69) is 147 Å². The molecule has 0 heteroatoms. The summed E-state index contributed by atoms with van der Waals surface area (Å²) in [6.45, 7) is 4.82. The van der Waals surface area contributed by atoms with Gasteiger partial charge in [0.1, 0.15) is 0 Å². The average molecular weight is 521 g/mol. The van der Waals surface area contributed by atoms with Crippen LogP contribution in [0.3, 0.4) is 0 Å². The van der Waals surface area contributed by atoms with Crippen molar-refractivity contribution in [2.75, 3.05) is 0 Å². The van der Waals surface area contributed by atoms with E-state index in [1.807, 2.05) is 0 Å². The van der Waals surface area contributed by atoms with Crippen molar-refractivity contribution in [3.63, 3.8) is 0 Å². The maximum atomic E-state index is 2.47. The van der Waals surface area contributed by atoms with Crippen molar-refractivity contribution in [1.29, 1.82) is 0 Å². The van der Waals surface area contributed by atoms with Gasteiger partial charge in [-0.1, -0.05) is 123 Å². The third-order valence-corrected chi connectivity index (χ3v) is 9.56. The van der Waals surface area contributed by atoms with E-state index in [0.29, 0.717) is 0 Å². The molecule has 0 radical (unpaired) electrons. The van der Waals surface area contributed by atoms with Gasteiger partial charge in [0.25, 0.3) is 0 Å². The minimum Gasteiger partial charge on any atom is -0.0616 e. The van der Waals surface area contributed by atoms with Gasteiger partial charge in [-0.25, -0.2) is 0 Å². The molecular formula is C41H28. The summed E-state index contributed by atoms with van der Waals surface area (Å²) in [6, 6.07) is 49.8. The summed E-state index contributed by atoms with van der Waals surface area (Å²) < 4.78 is 0. The van der Waals surface area contributed by atoms with Gasteiger partial charge in [-0.05, 0) is 112 Å². The standard InChI is InChI=1S/C41H28/c1-41(2)38-24-28-21-27(36-23-26-11-3-4-12-29(26)30-13-5-6-16-33(30)36)20-19-25(28)22-37(38)39-34-17-9-7-14-31(34)32-15-8-10-18-35(32)40(39)41/h3-24H,1-2H3. The monoisotopic (exact) mass is 520 g/mol. The van der Waals surface area contributed by atoms with Crippen LogP contribution in [-0.4, -0.2) is 0 Å². The zero-order valence-electron chi connectivity index (χ0n) is 23.2. The molecule has 8 aromatic rings. The number of rotatable bonds is 1. The molecule has 0 aromatic heterocycles. The Balaban J connectivity index is 1.32. The molecule has 8 aromatic carbocycles. The molecule has 0 fully saturated rings. The molecule has 0 saturated carbocycles. The Kier molecular flexibility index (Phi) is 4.49. The van der Waals surface area contributed by atoms with Crippen LogP contribution in [0.4, 0.5) is 0 Å². The fourth-order valence-electron chi connectivity index (χ4n) is 7.69. The summed E-state index contributed by atoms with van der Waals surface area (Å²) in [7, 11) is 0. The van der Waals surface area contributed by atoms with E-state index in [4.69, 9.17) is 0 Å². The van der Waals surface area contributed by atoms with Crippen molar-refractivity contribution >= 4 is 53.9 Å². The van der Waals surface area contributed by atoms with Crippen molar-refractivity contribution in [1.82, 2.24) is 0 Å². The first kappa shape index (κ1) is 22.8. The van der Waals surface area contributed by atoms with Gasteiger partial charge < -0.3 is 0 Å². The highest BCUT2D eigenvalue weighted by Gasteiger charge is 2.38. The third-order valence-electron chi connectivity index (χ3n) is 9.56. The summed E-state index contributed by atoms with van der Waals surface area (Å²) in [5.41, 5.74) is 8.12. The third kappa shape index (κ3) is 3.05. The van der Waals surface area contributed by atoms with E-state index in [9.17, 15) is 0 Å². The van der Waals surface area contributed by atoms with Crippen LogP contribution < -0.4 is 0 Å². The molecule has 0 atom stereocenters. The van der Waals surface area contributed by atoms with Gasteiger partial charge in [-0.3, -0.25) is 0 Å². The van der Waals surface area contributed by atoms with Gasteiger partial charge in [-0.15, -0.1) is 0 Å². The molecule has 0 aliphatic heterocycles. The summed E-state index contributed by atoms with van der Waals surface area (Å²) in [5.74, 6) is 0. The molecule has 1 aliphatic rings. The molecule has 0 unspecified atom stereocenters. The van der Waals surface area contributed by atoms with Crippen molar-refractivity contribution in [2.45, 2.75) is 19.3 Å². The largest absolute Gasteiger partial charge is 0.0616 e. The van der Waals surface area contributed by atoms with Crippen LogP contribution in [0, 0.1) is 0 Å². The Bertz CT molecular complexity index is 2390. The van der Waals surface area contributed by atoms with Gasteiger partial charge in [0.2, 0.25) is 0 Å². The molecule has 0 heterocycles. The van der Waals surface area contributed by atoms with Crippen molar-refractivity contribution in [3.8, 4) is 22.3 Å². The summed E-state index contributed by atoms with van der Waals surface area (Å²) >= 11 is 0. The van der Waals surface area contributed by atoms with Gasteiger partial charge >= 0.3 is 0 Å². The minimum absolute atomic E-state index is 0.103. The molecule has 0 saturated heterocycles. The number of benzene rings is 8. The first-order valence-electron chi connectivity index (χ1n) is 14.5. The molecule has 41 heavy (non-hydrogen) atoms. The SMILES string of the molecule is CC1(C)c2cc3cc(-c4cc5ccccc5c5ccccc45)ccc3cc2-c2c1c1ccccc1c1ccccc21. The zero-order valence-corrected chi connectivity index (χ0v) is 23.2. The van der Waals surface area contributed by atoms with Crippen LogP contribution in [-0.2, 0) is 5.41 Å². The highest BCUT2D eigenvalue weighted by Crippen LogP contribution is 2.55. The first-order valence-corrected chi connectivity index (χ1v) is 14.5. The second-order valence-electron chi connectivity index (χ2n) is 12.1. The topological polar surface area (TPSA) is 0 Å². The molecule has 1 aliphatic carbocycles. The molecule has 9 rings (SSSR count). The van der Waals surface area contributed by atoms with Gasteiger partial charge in [0.05, 0.1) is 0 Å². The van der Waals surface area contributed by atoms with Gasteiger partial charge in [-0.2, -0.15) is 0 Å². The van der Waals surface area contributed by atoms with Gasteiger partial charge in [0.15, 0.2) is 0 Å². The molecule has 0 spiro atoms. The van der Waals surface area contributed by atoms with Crippen LogP contribution in [0.25, 0.3) is 76.1 Å². The van der Waals surface area contributed by atoms with E-state index in [1.54, 1.807) is 0 Å². The van der Waals surface area contributed by atoms with Crippen LogP contribution in [0.5, 0.6) is 0 Å². The van der Waals surface area contributed by atoms with Gasteiger partial charge in [0, 0.05) is 5.41 Å².